The molecule has 1 amide bonds. The quantitative estimate of drug-likeness (QED) is 0.925. The highest BCUT2D eigenvalue weighted by Crippen LogP contribution is 2.38. The lowest BCUT2D eigenvalue weighted by Gasteiger charge is -2.18. The number of hydrogen-bond acceptors (Lipinski definition) is 3. The molecule has 0 aromatic heterocycles. The highest BCUT2D eigenvalue weighted by atomic mass is 19.1. The summed E-state index contributed by atoms with van der Waals surface area (Å²) in [5, 5.41) is 9.63. The van der Waals surface area contributed by atoms with Crippen LogP contribution in [0.1, 0.15) is 24.8 Å². The maximum atomic E-state index is 13.6. The Kier molecular flexibility index (Phi) is 4.34. The minimum atomic E-state index is -0.392. The second-order valence-corrected chi connectivity index (χ2v) is 6.41. The molecule has 4 nitrogen and oxygen atoms in total. The van der Waals surface area contributed by atoms with Crippen molar-refractivity contribution in [3.8, 4) is 5.75 Å². The molecule has 2 aliphatic rings. The number of ether oxygens (including phenoxy) is 1. The minimum absolute atomic E-state index is 0.125. The summed E-state index contributed by atoms with van der Waals surface area (Å²) in [6, 6.07) is 4.82. The standard InChI is InChI=1S/C17H22FNO3/c1-22-16-4-2-11(6-15(16)18)3-5-17(21)19-9-12-7-14(20)8-13(12)10-19/h2,4,6,12-14,20H,3,5,7-10H2,1H3/t12-,13+,14?. The summed E-state index contributed by atoms with van der Waals surface area (Å²) in [6.45, 7) is 1.52. The molecular formula is C17H22FNO3. The van der Waals surface area contributed by atoms with Crippen LogP contribution in [0, 0.1) is 17.7 Å². The van der Waals surface area contributed by atoms with Crippen LogP contribution in [0.15, 0.2) is 18.2 Å². The predicted octanol–water partition coefficient (Wildman–Crippen LogP) is 2.00. The Labute approximate surface area is 129 Å². The first-order chi connectivity index (χ1) is 10.6. The summed E-state index contributed by atoms with van der Waals surface area (Å²) in [6.07, 6.45) is 2.38. The van der Waals surface area contributed by atoms with Crippen LogP contribution in [0.2, 0.25) is 0 Å². The molecule has 120 valence electrons. The molecule has 1 N–H and O–H groups in total. The number of methoxy groups -OCH3 is 1. The summed E-state index contributed by atoms with van der Waals surface area (Å²) in [7, 11) is 1.43. The smallest absolute Gasteiger partial charge is 0.222 e. The van der Waals surface area contributed by atoms with Crippen LogP contribution in [0.25, 0.3) is 0 Å². The van der Waals surface area contributed by atoms with Crippen LogP contribution < -0.4 is 4.74 Å². The Morgan fingerprint density at radius 1 is 1.36 bits per heavy atom. The van der Waals surface area contributed by atoms with Crippen LogP contribution in [0.5, 0.6) is 5.75 Å². The van der Waals surface area contributed by atoms with Gasteiger partial charge in [0.25, 0.3) is 0 Å². The molecule has 1 aliphatic heterocycles. The third-order valence-corrected chi connectivity index (χ3v) is 4.92. The normalized spacial score (nSPS) is 27.0. The average Bonchev–Trinajstić information content (AvgIpc) is 3.02. The van der Waals surface area contributed by atoms with Gasteiger partial charge in [-0.25, -0.2) is 4.39 Å². The van der Waals surface area contributed by atoms with Crippen LogP contribution in [0.3, 0.4) is 0 Å². The summed E-state index contributed by atoms with van der Waals surface area (Å²) in [4.78, 5) is 14.2. The number of fused-ring (bicyclic) bond motifs is 1. The van der Waals surface area contributed by atoms with E-state index < -0.39 is 5.82 Å². The Bertz CT molecular complexity index is 549. The molecule has 1 unspecified atom stereocenters. The number of nitrogens with zero attached hydrogens (tertiary/aromatic N) is 1. The van der Waals surface area contributed by atoms with Crippen LogP contribution in [-0.2, 0) is 11.2 Å². The first-order valence-electron chi connectivity index (χ1n) is 7.85. The van der Waals surface area contributed by atoms with E-state index in [2.05, 4.69) is 0 Å². The molecule has 1 aromatic carbocycles. The number of aliphatic hydroxyl groups excluding tert-OH is 1. The van der Waals surface area contributed by atoms with Crippen LogP contribution in [-0.4, -0.2) is 42.2 Å². The topological polar surface area (TPSA) is 49.8 Å². The van der Waals surface area contributed by atoms with Gasteiger partial charge in [0.05, 0.1) is 13.2 Å². The van der Waals surface area contributed by atoms with Gasteiger partial charge in [0.1, 0.15) is 0 Å². The molecule has 0 spiro atoms. The number of likely N-dealkylation sites (tertiary alicyclic amines) is 1. The highest BCUT2D eigenvalue weighted by molar-refractivity contribution is 5.76. The fourth-order valence-corrected chi connectivity index (χ4v) is 3.75. The molecule has 0 bridgehead atoms. The van der Waals surface area contributed by atoms with Gasteiger partial charge in [0.2, 0.25) is 5.91 Å². The summed E-state index contributed by atoms with van der Waals surface area (Å²) in [5.74, 6) is 0.869. The van der Waals surface area contributed by atoms with Gasteiger partial charge in [-0.15, -0.1) is 0 Å². The van der Waals surface area contributed by atoms with Gasteiger partial charge in [0.15, 0.2) is 11.6 Å². The van der Waals surface area contributed by atoms with E-state index in [4.69, 9.17) is 4.74 Å². The molecule has 2 fully saturated rings. The van der Waals surface area contributed by atoms with Crippen molar-refractivity contribution in [1.29, 1.82) is 0 Å². The fraction of sp³-hybridized carbons (Fsp3) is 0.588. The number of carbonyl (C=O) groups excluding carboxylic acids is 1. The second kappa shape index (κ2) is 6.24. The summed E-state index contributed by atoms with van der Waals surface area (Å²) in [5.41, 5.74) is 0.807. The number of carbonyl (C=O) groups is 1. The van der Waals surface area contributed by atoms with Gasteiger partial charge in [-0.3, -0.25) is 4.79 Å². The monoisotopic (exact) mass is 307 g/mol. The summed E-state index contributed by atoms with van der Waals surface area (Å²) < 4.78 is 18.5. The van der Waals surface area contributed by atoms with E-state index in [1.807, 2.05) is 4.90 Å². The maximum Gasteiger partial charge on any atom is 0.222 e. The maximum absolute atomic E-state index is 13.6. The summed E-state index contributed by atoms with van der Waals surface area (Å²) >= 11 is 0. The Balaban J connectivity index is 1.52. The van der Waals surface area contributed by atoms with Gasteiger partial charge < -0.3 is 14.7 Å². The average molecular weight is 307 g/mol. The number of benzene rings is 1. The molecule has 1 saturated carbocycles. The molecule has 1 aromatic rings. The zero-order valence-electron chi connectivity index (χ0n) is 12.8. The highest BCUT2D eigenvalue weighted by Gasteiger charge is 2.41. The molecule has 0 radical (unpaired) electrons. The molecule has 1 saturated heterocycles. The molecule has 22 heavy (non-hydrogen) atoms. The fourth-order valence-electron chi connectivity index (χ4n) is 3.75. The number of halogens is 1. The van der Waals surface area contributed by atoms with E-state index in [1.54, 1.807) is 12.1 Å². The third kappa shape index (κ3) is 3.09. The third-order valence-electron chi connectivity index (χ3n) is 4.92. The predicted molar refractivity (Wildman–Crippen MR) is 80.1 cm³/mol. The zero-order valence-corrected chi connectivity index (χ0v) is 12.8. The van der Waals surface area contributed by atoms with Crippen LogP contribution in [0.4, 0.5) is 4.39 Å². The lowest BCUT2D eigenvalue weighted by Crippen LogP contribution is -2.30. The lowest BCUT2D eigenvalue weighted by molar-refractivity contribution is -0.130. The minimum Gasteiger partial charge on any atom is -0.494 e. The second-order valence-electron chi connectivity index (χ2n) is 6.41. The number of rotatable bonds is 4. The van der Waals surface area contributed by atoms with Crippen molar-refractivity contribution < 1.29 is 19.0 Å². The van der Waals surface area contributed by atoms with Gasteiger partial charge in [-0.1, -0.05) is 6.07 Å². The number of aliphatic hydroxyl groups is 1. The van der Waals surface area contributed by atoms with Crippen molar-refractivity contribution in [3.63, 3.8) is 0 Å². The molecule has 3 atom stereocenters. The van der Waals surface area contributed by atoms with E-state index in [0.29, 0.717) is 24.7 Å². The number of hydrogen-bond donors (Lipinski definition) is 1. The van der Waals surface area contributed by atoms with E-state index in [0.717, 1.165) is 31.5 Å². The molecule has 1 heterocycles. The van der Waals surface area contributed by atoms with Gasteiger partial charge in [-0.05, 0) is 48.8 Å². The van der Waals surface area contributed by atoms with Crippen molar-refractivity contribution in [2.24, 2.45) is 11.8 Å². The van der Waals surface area contributed by atoms with E-state index in [1.165, 1.54) is 13.2 Å². The van der Waals surface area contributed by atoms with Gasteiger partial charge in [-0.2, -0.15) is 0 Å². The van der Waals surface area contributed by atoms with Crippen molar-refractivity contribution in [2.45, 2.75) is 31.8 Å². The first-order valence-corrected chi connectivity index (χ1v) is 7.85. The number of aryl methyl sites for hydroxylation is 1. The molecule has 1 aliphatic carbocycles. The van der Waals surface area contributed by atoms with E-state index in [9.17, 15) is 14.3 Å². The Morgan fingerprint density at radius 2 is 2.05 bits per heavy atom. The van der Waals surface area contributed by atoms with Gasteiger partial charge in [0, 0.05) is 19.5 Å². The zero-order chi connectivity index (χ0) is 15.7. The molecule has 3 rings (SSSR count). The van der Waals surface area contributed by atoms with Crippen molar-refractivity contribution >= 4 is 5.91 Å². The van der Waals surface area contributed by atoms with Crippen molar-refractivity contribution in [3.05, 3.63) is 29.6 Å². The first kappa shape index (κ1) is 15.3. The van der Waals surface area contributed by atoms with Crippen molar-refractivity contribution in [1.82, 2.24) is 4.90 Å². The van der Waals surface area contributed by atoms with Crippen LogP contribution >= 0.6 is 0 Å². The van der Waals surface area contributed by atoms with Gasteiger partial charge >= 0.3 is 0 Å². The van der Waals surface area contributed by atoms with E-state index >= 15 is 0 Å². The molecular weight excluding hydrogens is 285 g/mol. The SMILES string of the molecule is COc1ccc(CCC(=O)N2C[C@H]3CC(O)C[C@H]3C2)cc1F. The molecule has 5 heteroatoms. The lowest BCUT2D eigenvalue weighted by atomic mass is 10.0. The Morgan fingerprint density at radius 3 is 2.64 bits per heavy atom. The van der Waals surface area contributed by atoms with Crippen molar-refractivity contribution in [2.75, 3.05) is 20.2 Å². The number of amides is 1. The van der Waals surface area contributed by atoms with E-state index in [-0.39, 0.29) is 17.8 Å². The Hall–Kier alpha value is -1.62. The largest absolute Gasteiger partial charge is 0.494 e.